The molecule has 0 unspecified atom stereocenters. The molecule has 0 spiro atoms. The summed E-state index contributed by atoms with van der Waals surface area (Å²) in [6.45, 7) is 6.59. The zero-order valence-electron chi connectivity index (χ0n) is 18.1. The molecule has 7 nitrogen and oxygen atoms in total. The molecule has 1 fully saturated rings. The van der Waals surface area contributed by atoms with Crippen LogP contribution in [0.15, 0.2) is 65.5 Å². The molecule has 0 aliphatic carbocycles. The molecular weight excluding hydrogens is 390 g/mol. The number of benzene rings is 2. The molecule has 7 heteroatoms. The van der Waals surface area contributed by atoms with Crippen LogP contribution in [0.1, 0.15) is 11.3 Å². The highest BCUT2D eigenvalue weighted by Gasteiger charge is 2.22. The van der Waals surface area contributed by atoms with Crippen molar-refractivity contribution in [2.45, 2.75) is 13.5 Å². The lowest BCUT2D eigenvalue weighted by Gasteiger charge is -2.34. The number of anilines is 1. The lowest BCUT2D eigenvalue weighted by atomic mass is 10.2. The minimum Gasteiger partial charge on any atom is -0.319 e. The molecule has 2 heterocycles. The van der Waals surface area contributed by atoms with Gasteiger partial charge in [-0.2, -0.15) is 0 Å². The predicted octanol–water partition coefficient (Wildman–Crippen LogP) is 2.24. The Balaban J connectivity index is 1.35. The van der Waals surface area contributed by atoms with E-state index >= 15 is 0 Å². The number of hydrogen-bond donors (Lipinski definition) is 1. The van der Waals surface area contributed by atoms with E-state index in [1.807, 2.05) is 50.4 Å². The molecule has 4 rings (SSSR count). The third-order valence-electron chi connectivity index (χ3n) is 5.90. The van der Waals surface area contributed by atoms with Gasteiger partial charge in [-0.05, 0) is 24.6 Å². The van der Waals surface area contributed by atoms with Crippen LogP contribution in [0.4, 0.5) is 5.69 Å². The standard InChI is InChI=1S/C24H29N5O2/c1-19-23(24(31)29(26(19)2)21-11-7-4-8-12-21)25-22(30)18-28-15-13-27(14-16-28)17-20-9-5-3-6-10-20/h3-12H,13-18H2,1-2H3,(H,25,30). The number of carbonyl (C=O) groups excluding carboxylic acids is 1. The van der Waals surface area contributed by atoms with E-state index in [0.29, 0.717) is 5.69 Å². The summed E-state index contributed by atoms with van der Waals surface area (Å²) in [5.74, 6) is -0.150. The summed E-state index contributed by atoms with van der Waals surface area (Å²) in [5.41, 5.74) is 2.94. The molecular formula is C24H29N5O2. The van der Waals surface area contributed by atoms with Crippen LogP contribution in [-0.4, -0.2) is 57.8 Å². The van der Waals surface area contributed by atoms with Crippen LogP contribution in [0.2, 0.25) is 0 Å². The smallest absolute Gasteiger partial charge is 0.295 e. The first-order valence-corrected chi connectivity index (χ1v) is 10.7. The Morgan fingerprint density at radius 1 is 0.903 bits per heavy atom. The molecule has 0 atom stereocenters. The predicted molar refractivity (Wildman–Crippen MR) is 123 cm³/mol. The van der Waals surface area contributed by atoms with Gasteiger partial charge in [0.25, 0.3) is 5.56 Å². The van der Waals surface area contributed by atoms with Crippen LogP contribution in [0, 0.1) is 6.92 Å². The second-order valence-corrected chi connectivity index (χ2v) is 8.02. The van der Waals surface area contributed by atoms with Crippen molar-refractivity contribution in [3.05, 3.63) is 82.3 Å². The van der Waals surface area contributed by atoms with Crippen LogP contribution in [0.25, 0.3) is 5.69 Å². The topological polar surface area (TPSA) is 62.5 Å². The van der Waals surface area contributed by atoms with E-state index in [4.69, 9.17) is 0 Å². The van der Waals surface area contributed by atoms with Gasteiger partial charge in [0.15, 0.2) is 0 Å². The summed E-state index contributed by atoms with van der Waals surface area (Å²) in [7, 11) is 1.82. The Labute approximate surface area is 182 Å². The maximum absolute atomic E-state index is 13.0. The first-order valence-electron chi connectivity index (χ1n) is 10.7. The fourth-order valence-corrected chi connectivity index (χ4v) is 4.04. The molecule has 31 heavy (non-hydrogen) atoms. The number of para-hydroxylation sites is 1. The largest absolute Gasteiger partial charge is 0.319 e. The quantitative estimate of drug-likeness (QED) is 0.666. The maximum atomic E-state index is 13.0. The van der Waals surface area contributed by atoms with Gasteiger partial charge in [0, 0.05) is 39.8 Å². The van der Waals surface area contributed by atoms with Gasteiger partial charge >= 0.3 is 0 Å². The van der Waals surface area contributed by atoms with Crippen LogP contribution in [-0.2, 0) is 18.4 Å². The van der Waals surface area contributed by atoms with E-state index in [1.165, 1.54) is 5.56 Å². The second-order valence-electron chi connectivity index (χ2n) is 8.02. The monoisotopic (exact) mass is 419 g/mol. The van der Waals surface area contributed by atoms with Gasteiger partial charge in [0.1, 0.15) is 5.69 Å². The Kier molecular flexibility index (Phi) is 6.34. The third kappa shape index (κ3) is 4.78. The van der Waals surface area contributed by atoms with Crippen molar-refractivity contribution < 1.29 is 4.79 Å². The number of amides is 1. The van der Waals surface area contributed by atoms with Crippen molar-refractivity contribution in [1.29, 1.82) is 0 Å². The van der Waals surface area contributed by atoms with Crippen LogP contribution >= 0.6 is 0 Å². The zero-order valence-corrected chi connectivity index (χ0v) is 18.1. The number of carbonyl (C=O) groups is 1. The number of nitrogens with zero attached hydrogens (tertiary/aromatic N) is 4. The van der Waals surface area contributed by atoms with Gasteiger partial charge in [0.2, 0.25) is 5.91 Å². The van der Waals surface area contributed by atoms with Crippen molar-refractivity contribution in [2.75, 3.05) is 38.0 Å². The molecule has 3 aromatic rings. The van der Waals surface area contributed by atoms with Gasteiger partial charge in [-0.1, -0.05) is 48.5 Å². The zero-order chi connectivity index (χ0) is 21.8. The molecule has 1 saturated heterocycles. The highest BCUT2D eigenvalue weighted by molar-refractivity contribution is 5.92. The summed E-state index contributed by atoms with van der Waals surface area (Å²) in [6, 6.07) is 19.9. The Hall–Kier alpha value is -3.16. The lowest BCUT2D eigenvalue weighted by Crippen LogP contribution is -2.48. The van der Waals surface area contributed by atoms with Crippen molar-refractivity contribution in [2.24, 2.45) is 7.05 Å². The minimum atomic E-state index is -0.216. The van der Waals surface area contributed by atoms with Crippen molar-refractivity contribution >= 4 is 11.6 Å². The van der Waals surface area contributed by atoms with Gasteiger partial charge in [0.05, 0.1) is 17.9 Å². The SMILES string of the molecule is Cc1c(NC(=O)CN2CCN(Cc3ccccc3)CC2)c(=O)n(-c2ccccc2)n1C. The van der Waals surface area contributed by atoms with Crippen LogP contribution < -0.4 is 10.9 Å². The molecule has 1 aromatic heterocycles. The Bertz CT molecular complexity index is 1080. The fraction of sp³-hybridized carbons (Fsp3) is 0.333. The Morgan fingerprint density at radius 2 is 1.48 bits per heavy atom. The highest BCUT2D eigenvalue weighted by atomic mass is 16.2. The molecule has 0 saturated carbocycles. The van der Waals surface area contributed by atoms with Crippen molar-refractivity contribution in [3.8, 4) is 5.69 Å². The fourth-order valence-electron chi connectivity index (χ4n) is 4.04. The van der Waals surface area contributed by atoms with Crippen LogP contribution in [0.3, 0.4) is 0 Å². The van der Waals surface area contributed by atoms with E-state index < -0.39 is 0 Å². The highest BCUT2D eigenvalue weighted by Crippen LogP contribution is 2.14. The van der Waals surface area contributed by atoms with Gasteiger partial charge < -0.3 is 5.32 Å². The molecule has 1 amide bonds. The summed E-state index contributed by atoms with van der Waals surface area (Å²) in [4.78, 5) is 30.2. The van der Waals surface area contributed by atoms with Gasteiger partial charge in [-0.25, -0.2) is 4.68 Å². The molecule has 1 aliphatic heterocycles. The third-order valence-corrected chi connectivity index (χ3v) is 5.90. The van der Waals surface area contributed by atoms with Gasteiger partial charge in [-0.15, -0.1) is 0 Å². The molecule has 1 aliphatic rings. The number of nitrogens with one attached hydrogen (secondary N) is 1. The average Bonchev–Trinajstić information content (AvgIpc) is 2.99. The molecule has 0 radical (unpaired) electrons. The van der Waals surface area contributed by atoms with Crippen LogP contribution in [0.5, 0.6) is 0 Å². The van der Waals surface area contributed by atoms with Gasteiger partial charge in [-0.3, -0.25) is 24.1 Å². The lowest BCUT2D eigenvalue weighted by molar-refractivity contribution is -0.117. The van der Waals surface area contributed by atoms with E-state index in [2.05, 4.69) is 39.4 Å². The van der Waals surface area contributed by atoms with Crippen molar-refractivity contribution in [3.63, 3.8) is 0 Å². The minimum absolute atomic E-state index is 0.150. The summed E-state index contributed by atoms with van der Waals surface area (Å²) in [5, 5.41) is 2.86. The normalized spacial score (nSPS) is 15.2. The molecule has 1 N–H and O–H groups in total. The number of piperazine rings is 1. The van der Waals surface area contributed by atoms with Crippen molar-refractivity contribution in [1.82, 2.24) is 19.2 Å². The maximum Gasteiger partial charge on any atom is 0.295 e. The number of rotatable bonds is 6. The van der Waals surface area contributed by atoms with E-state index in [9.17, 15) is 9.59 Å². The summed E-state index contributed by atoms with van der Waals surface area (Å²) < 4.78 is 3.35. The molecule has 162 valence electrons. The summed E-state index contributed by atoms with van der Waals surface area (Å²) in [6.07, 6.45) is 0. The molecule has 0 bridgehead atoms. The van der Waals surface area contributed by atoms with E-state index in [0.717, 1.165) is 44.1 Å². The summed E-state index contributed by atoms with van der Waals surface area (Å²) >= 11 is 0. The first kappa shape index (κ1) is 21.1. The number of hydrogen-bond acceptors (Lipinski definition) is 4. The number of aromatic nitrogens is 2. The molecule has 2 aromatic carbocycles. The average molecular weight is 420 g/mol. The van der Waals surface area contributed by atoms with E-state index in [1.54, 1.807) is 9.36 Å². The Morgan fingerprint density at radius 3 is 2.13 bits per heavy atom. The van der Waals surface area contributed by atoms with E-state index in [-0.39, 0.29) is 18.0 Å². The first-order chi connectivity index (χ1) is 15.0. The second kappa shape index (κ2) is 9.32.